The lowest BCUT2D eigenvalue weighted by atomic mass is 9.81. The summed E-state index contributed by atoms with van der Waals surface area (Å²) in [7, 11) is 2.24. The minimum atomic E-state index is 0.497. The van der Waals surface area contributed by atoms with Crippen LogP contribution in [0.2, 0.25) is 0 Å². The van der Waals surface area contributed by atoms with Crippen LogP contribution in [0.1, 0.15) is 53.4 Å². The van der Waals surface area contributed by atoms with Crippen LogP contribution in [0.5, 0.6) is 0 Å². The third kappa shape index (κ3) is 5.31. The van der Waals surface area contributed by atoms with Gasteiger partial charge in [0.1, 0.15) is 0 Å². The van der Waals surface area contributed by atoms with Gasteiger partial charge in [-0.15, -0.1) is 0 Å². The highest BCUT2D eigenvalue weighted by Crippen LogP contribution is 2.33. The largest absolute Gasteiger partial charge is 0.380 e. The molecule has 0 radical (unpaired) electrons. The molecule has 0 spiro atoms. The van der Waals surface area contributed by atoms with Gasteiger partial charge < -0.3 is 9.64 Å². The zero-order valence-corrected chi connectivity index (χ0v) is 12.0. The van der Waals surface area contributed by atoms with Crippen LogP contribution in [-0.2, 0) is 4.74 Å². The number of hydrogen-bond acceptors (Lipinski definition) is 2. The Balaban J connectivity index is 0.00000106. The van der Waals surface area contributed by atoms with Gasteiger partial charge in [-0.2, -0.15) is 0 Å². The standard InChI is InChI=1S/C12H25NO.C2H6/c1-4-6-8-13(3)9-12(7-5-2)10-14-11-12;1-2/h4-11H2,1-3H3;1-2H3. The summed E-state index contributed by atoms with van der Waals surface area (Å²) < 4.78 is 5.37. The van der Waals surface area contributed by atoms with Crippen LogP contribution in [0.3, 0.4) is 0 Å². The Bertz CT molecular complexity index is 155. The van der Waals surface area contributed by atoms with E-state index in [2.05, 4.69) is 25.8 Å². The lowest BCUT2D eigenvalue weighted by Crippen LogP contribution is -2.50. The fraction of sp³-hybridized carbons (Fsp3) is 1.00. The Kier molecular flexibility index (Phi) is 8.96. The van der Waals surface area contributed by atoms with E-state index in [9.17, 15) is 0 Å². The maximum atomic E-state index is 5.37. The average Bonchev–Trinajstić information content (AvgIpc) is 2.26. The number of nitrogens with zero attached hydrogens (tertiary/aromatic N) is 1. The Labute approximate surface area is 102 Å². The Morgan fingerprint density at radius 2 is 1.75 bits per heavy atom. The molecule has 0 N–H and O–H groups in total. The van der Waals surface area contributed by atoms with Crippen molar-refractivity contribution in [3.05, 3.63) is 0 Å². The number of rotatable bonds is 7. The van der Waals surface area contributed by atoms with Crippen LogP contribution in [0, 0.1) is 5.41 Å². The first-order valence-corrected chi connectivity index (χ1v) is 6.99. The van der Waals surface area contributed by atoms with Crippen LogP contribution in [0.25, 0.3) is 0 Å². The van der Waals surface area contributed by atoms with Crippen molar-refractivity contribution in [1.29, 1.82) is 0 Å². The molecular weight excluding hydrogens is 198 g/mol. The highest BCUT2D eigenvalue weighted by Gasteiger charge is 2.38. The summed E-state index contributed by atoms with van der Waals surface area (Å²) in [5.74, 6) is 0. The van der Waals surface area contributed by atoms with E-state index in [-0.39, 0.29) is 0 Å². The fourth-order valence-electron chi connectivity index (χ4n) is 2.32. The maximum Gasteiger partial charge on any atom is 0.0557 e. The molecule has 0 bridgehead atoms. The second-order valence-corrected chi connectivity index (χ2v) is 4.83. The first-order valence-electron chi connectivity index (χ1n) is 6.99. The second kappa shape index (κ2) is 9.00. The van der Waals surface area contributed by atoms with Gasteiger partial charge in [0.15, 0.2) is 0 Å². The molecular formula is C14H31NO. The van der Waals surface area contributed by atoms with Crippen molar-refractivity contribution >= 4 is 0 Å². The summed E-state index contributed by atoms with van der Waals surface area (Å²) in [6.07, 6.45) is 5.22. The van der Waals surface area contributed by atoms with E-state index in [1.165, 1.54) is 38.8 Å². The smallest absolute Gasteiger partial charge is 0.0557 e. The van der Waals surface area contributed by atoms with Crippen molar-refractivity contribution < 1.29 is 4.74 Å². The van der Waals surface area contributed by atoms with Gasteiger partial charge >= 0.3 is 0 Å². The first-order chi connectivity index (χ1) is 7.72. The molecule has 0 aromatic heterocycles. The maximum absolute atomic E-state index is 5.37. The van der Waals surface area contributed by atoms with E-state index in [0.717, 1.165) is 13.2 Å². The van der Waals surface area contributed by atoms with Gasteiger partial charge in [-0.05, 0) is 26.4 Å². The zero-order chi connectivity index (χ0) is 12.4. The first kappa shape index (κ1) is 15.9. The lowest BCUT2D eigenvalue weighted by Gasteiger charge is -2.44. The molecule has 0 amide bonds. The van der Waals surface area contributed by atoms with Crippen LogP contribution in [0.15, 0.2) is 0 Å². The van der Waals surface area contributed by atoms with Crippen molar-refractivity contribution in [2.24, 2.45) is 5.41 Å². The van der Waals surface area contributed by atoms with Gasteiger partial charge in [0.2, 0.25) is 0 Å². The molecule has 1 fully saturated rings. The number of ether oxygens (including phenoxy) is 1. The van der Waals surface area contributed by atoms with E-state index in [4.69, 9.17) is 4.74 Å². The van der Waals surface area contributed by atoms with Crippen LogP contribution >= 0.6 is 0 Å². The number of hydrogen-bond donors (Lipinski definition) is 0. The summed E-state index contributed by atoms with van der Waals surface area (Å²) in [4.78, 5) is 2.47. The van der Waals surface area contributed by atoms with Crippen molar-refractivity contribution in [3.63, 3.8) is 0 Å². The lowest BCUT2D eigenvalue weighted by molar-refractivity contribution is -0.128. The molecule has 0 unspecified atom stereocenters. The number of unbranched alkanes of at least 4 members (excludes halogenated alkanes) is 1. The predicted molar refractivity (Wildman–Crippen MR) is 71.9 cm³/mol. The summed E-state index contributed by atoms with van der Waals surface area (Å²) in [5, 5.41) is 0. The molecule has 0 saturated carbocycles. The summed E-state index contributed by atoms with van der Waals surface area (Å²) >= 11 is 0. The molecule has 0 aromatic carbocycles. The Hall–Kier alpha value is -0.0800. The van der Waals surface area contributed by atoms with Gasteiger partial charge in [-0.25, -0.2) is 0 Å². The molecule has 1 rings (SSSR count). The Morgan fingerprint density at radius 3 is 2.12 bits per heavy atom. The molecule has 0 aromatic rings. The molecule has 2 nitrogen and oxygen atoms in total. The van der Waals surface area contributed by atoms with Gasteiger partial charge in [0, 0.05) is 12.0 Å². The monoisotopic (exact) mass is 229 g/mol. The molecule has 1 heterocycles. The van der Waals surface area contributed by atoms with E-state index in [1.807, 2.05) is 13.8 Å². The van der Waals surface area contributed by atoms with E-state index in [1.54, 1.807) is 0 Å². The molecule has 2 heteroatoms. The van der Waals surface area contributed by atoms with Gasteiger partial charge in [-0.3, -0.25) is 0 Å². The normalized spacial score (nSPS) is 17.6. The molecule has 1 saturated heterocycles. The SMILES string of the molecule is CC.CCCCN(C)CC1(CCC)COC1. The molecule has 1 aliphatic heterocycles. The van der Waals surface area contributed by atoms with Gasteiger partial charge in [-0.1, -0.05) is 40.5 Å². The van der Waals surface area contributed by atoms with Crippen molar-refractivity contribution in [2.75, 3.05) is 33.4 Å². The van der Waals surface area contributed by atoms with E-state index >= 15 is 0 Å². The van der Waals surface area contributed by atoms with Crippen LogP contribution < -0.4 is 0 Å². The van der Waals surface area contributed by atoms with Gasteiger partial charge in [0.25, 0.3) is 0 Å². The third-order valence-corrected chi connectivity index (χ3v) is 3.10. The summed E-state index contributed by atoms with van der Waals surface area (Å²) in [6.45, 7) is 13.0. The van der Waals surface area contributed by atoms with E-state index in [0.29, 0.717) is 5.41 Å². The fourth-order valence-corrected chi connectivity index (χ4v) is 2.32. The average molecular weight is 229 g/mol. The van der Waals surface area contributed by atoms with Crippen molar-refractivity contribution in [2.45, 2.75) is 53.4 Å². The minimum absolute atomic E-state index is 0.497. The minimum Gasteiger partial charge on any atom is -0.380 e. The van der Waals surface area contributed by atoms with Crippen molar-refractivity contribution in [3.8, 4) is 0 Å². The zero-order valence-electron chi connectivity index (χ0n) is 12.0. The quantitative estimate of drug-likeness (QED) is 0.662. The third-order valence-electron chi connectivity index (χ3n) is 3.10. The molecule has 1 aliphatic rings. The predicted octanol–water partition coefficient (Wildman–Crippen LogP) is 3.56. The molecule has 0 aliphatic carbocycles. The highest BCUT2D eigenvalue weighted by molar-refractivity contribution is 4.87. The molecule has 98 valence electrons. The van der Waals surface area contributed by atoms with E-state index < -0.39 is 0 Å². The molecule has 0 atom stereocenters. The van der Waals surface area contributed by atoms with Crippen LogP contribution in [-0.4, -0.2) is 38.3 Å². The highest BCUT2D eigenvalue weighted by atomic mass is 16.5. The molecule has 16 heavy (non-hydrogen) atoms. The van der Waals surface area contributed by atoms with Crippen molar-refractivity contribution in [1.82, 2.24) is 4.90 Å². The summed E-state index contributed by atoms with van der Waals surface area (Å²) in [6, 6.07) is 0. The van der Waals surface area contributed by atoms with Crippen LogP contribution in [0.4, 0.5) is 0 Å². The second-order valence-electron chi connectivity index (χ2n) is 4.83. The summed E-state index contributed by atoms with van der Waals surface area (Å²) in [5.41, 5.74) is 0.497. The van der Waals surface area contributed by atoms with Gasteiger partial charge in [0.05, 0.1) is 13.2 Å². The topological polar surface area (TPSA) is 12.5 Å². The Morgan fingerprint density at radius 1 is 1.12 bits per heavy atom.